The standard InChI is InChI=1S/C21H35N5O2.HI/c1-4-22-21(23-15-19(27)14-18-8-6-5-7-9-18)26-12-10-25(11-13-26)16-20(28)24-17(2)3;/h5-9,17,19,27H,4,10-16H2,1-3H3,(H,22,23)(H,24,28);1H. The molecular weight excluding hydrogens is 481 g/mol. The molecule has 1 heterocycles. The molecule has 2 rings (SSSR count). The molecule has 3 N–H and O–H groups in total. The summed E-state index contributed by atoms with van der Waals surface area (Å²) in [6.45, 7) is 10.9. The highest BCUT2D eigenvalue weighted by molar-refractivity contribution is 14.0. The summed E-state index contributed by atoms with van der Waals surface area (Å²) in [5.41, 5.74) is 1.11. The number of rotatable bonds is 8. The Hall–Kier alpha value is -1.39. The smallest absolute Gasteiger partial charge is 0.234 e. The second-order valence-electron chi connectivity index (χ2n) is 7.52. The molecule has 1 amide bonds. The van der Waals surface area contributed by atoms with E-state index in [9.17, 15) is 9.90 Å². The molecule has 1 aromatic carbocycles. The zero-order valence-electron chi connectivity index (χ0n) is 17.8. The van der Waals surface area contributed by atoms with E-state index in [4.69, 9.17) is 0 Å². The fraction of sp³-hybridized carbons (Fsp3) is 0.619. The van der Waals surface area contributed by atoms with E-state index in [0.29, 0.717) is 19.5 Å². The van der Waals surface area contributed by atoms with E-state index >= 15 is 0 Å². The number of benzene rings is 1. The van der Waals surface area contributed by atoms with Crippen LogP contribution in [0.2, 0.25) is 0 Å². The Morgan fingerprint density at radius 3 is 2.41 bits per heavy atom. The number of piperazine rings is 1. The number of nitrogens with one attached hydrogen (secondary N) is 2. The molecule has 0 radical (unpaired) electrons. The number of carbonyl (C=O) groups excluding carboxylic acids is 1. The highest BCUT2D eigenvalue weighted by Gasteiger charge is 2.21. The molecule has 29 heavy (non-hydrogen) atoms. The highest BCUT2D eigenvalue weighted by Crippen LogP contribution is 2.05. The number of halogens is 1. The van der Waals surface area contributed by atoms with Gasteiger partial charge in [0, 0.05) is 45.2 Å². The van der Waals surface area contributed by atoms with E-state index in [0.717, 1.165) is 44.2 Å². The maximum atomic E-state index is 11.9. The Morgan fingerprint density at radius 2 is 1.83 bits per heavy atom. The number of nitrogens with zero attached hydrogens (tertiary/aromatic N) is 3. The lowest BCUT2D eigenvalue weighted by Gasteiger charge is -2.36. The summed E-state index contributed by atoms with van der Waals surface area (Å²) in [4.78, 5) is 21.0. The molecule has 0 aromatic heterocycles. The van der Waals surface area contributed by atoms with Crippen molar-refractivity contribution in [1.29, 1.82) is 0 Å². The Morgan fingerprint density at radius 1 is 1.17 bits per heavy atom. The summed E-state index contributed by atoms with van der Waals surface area (Å²) < 4.78 is 0. The molecule has 0 aliphatic carbocycles. The average Bonchev–Trinajstić information content (AvgIpc) is 2.66. The van der Waals surface area contributed by atoms with Gasteiger partial charge in [-0.3, -0.25) is 14.7 Å². The number of hydrogen-bond donors (Lipinski definition) is 3. The largest absolute Gasteiger partial charge is 0.391 e. The third-order valence-corrected chi connectivity index (χ3v) is 4.59. The van der Waals surface area contributed by atoms with Crippen molar-refractivity contribution < 1.29 is 9.90 Å². The minimum Gasteiger partial charge on any atom is -0.391 e. The highest BCUT2D eigenvalue weighted by atomic mass is 127. The van der Waals surface area contributed by atoms with Gasteiger partial charge >= 0.3 is 0 Å². The predicted molar refractivity (Wildman–Crippen MR) is 129 cm³/mol. The summed E-state index contributed by atoms with van der Waals surface area (Å²) in [7, 11) is 0. The van der Waals surface area contributed by atoms with Crippen molar-refractivity contribution in [1.82, 2.24) is 20.4 Å². The number of amides is 1. The molecule has 1 aliphatic rings. The molecule has 1 fully saturated rings. The van der Waals surface area contributed by atoms with E-state index in [1.807, 2.05) is 51.1 Å². The Bertz CT molecular complexity index is 619. The fourth-order valence-corrected chi connectivity index (χ4v) is 3.26. The maximum absolute atomic E-state index is 11.9. The molecule has 164 valence electrons. The first-order valence-corrected chi connectivity index (χ1v) is 10.2. The predicted octanol–water partition coefficient (Wildman–Crippen LogP) is 1.32. The molecule has 1 aromatic rings. The van der Waals surface area contributed by atoms with Crippen LogP contribution in [-0.2, 0) is 11.2 Å². The minimum absolute atomic E-state index is 0. The molecule has 8 heteroatoms. The van der Waals surface area contributed by atoms with Crippen LogP contribution in [0.1, 0.15) is 26.3 Å². The zero-order valence-corrected chi connectivity index (χ0v) is 20.1. The van der Waals surface area contributed by atoms with Gasteiger partial charge in [-0.15, -0.1) is 24.0 Å². The third kappa shape index (κ3) is 9.77. The van der Waals surface area contributed by atoms with E-state index in [1.54, 1.807) is 0 Å². The van der Waals surface area contributed by atoms with Crippen LogP contribution in [0.3, 0.4) is 0 Å². The van der Waals surface area contributed by atoms with Gasteiger partial charge in [0.2, 0.25) is 5.91 Å². The number of carbonyl (C=O) groups is 1. The number of aliphatic hydroxyl groups excluding tert-OH is 1. The molecule has 1 saturated heterocycles. The van der Waals surface area contributed by atoms with Gasteiger partial charge in [0.15, 0.2) is 5.96 Å². The molecule has 1 aliphatic heterocycles. The van der Waals surface area contributed by atoms with Crippen LogP contribution < -0.4 is 10.6 Å². The first kappa shape index (κ1) is 25.6. The number of aliphatic imine (C=N–C) groups is 1. The van der Waals surface area contributed by atoms with E-state index in [1.165, 1.54) is 0 Å². The van der Waals surface area contributed by atoms with Gasteiger partial charge in [-0.1, -0.05) is 30.3 Å². The molecule has 1 unspecified atom stereocenters. The number of aliphatic hydroxyl groups is 1. The van der Waals surface area contributed by atoms with E-state index in [-0.39, 0.29) is 35.9 Å². The summed E-state index contributed by atoms with van der Waals surface area (Å²) in [5, 5.41) is 16.6. The molecule has 1 atom stereocenters. The Balaban J connectivity index is 0.00000420. The first-order valence-electron chi connectivity index (χ1n) is 10.2. The van der Waals surface area contributed by atoms with Crippen LogP contribution in [0.4, 0.5) is 0 Å². The number of hydrogen-bond acceptors (Lipinski definition) is 4. The van der Waals surface area contributed by atoms with Gasteiger partial charge in [0.1, 0.15) is 0 Å². The Kier molecular flexibility index (Phi) is 12.2. The van der Waals surface area contributed by atoms with Crippen LogP contribution in [0.5, 0.6) is 0 Å². The Labute approximate surface area is 192 Å². The normalized spacial score (nSPS) is 16.3. The summed E-state index contributed by atoms with van der Waals surface area (Å²) in [6.07, 6.45) is 0.0970. The van der Waals surface area contributed by atoms with Crippen LogP contribution in [0, 0.1) is 0 Å². The van der Waals surface area contributed by atoms with E-state index in [2.05, 4.69) is 25.4 Å². The van der Waals surface area contributed by atoms with Gasteiger partial charge in [0.25, 0.3) is 0 Å². The number of guanidine groups is 1. The SMILES string of the molecule is CCNC(=NCC(O)Cc1ccccc1)N1CCN(CC(=O)NC(C)C)CC1.I. The van der Waals surface area contributed by atoms with Crippen molar-refractivity contribution in [3.63, 3.8) is 0 Å². The topological polar surface area (TPSA) is 80.2 Å². The fourth-order valence-electron chi connectivity index (χ4n) is 3.26. The van der Waals surface area contributed by atoms with Gasteiger partial charge in [-0.25, -0.2) is 0 Å². The first-order chi connectivity index (χ1) is 13.5. The summed E-state index contributed by atoms with van der Waals surface area (Å²) >= 11 is 0. The van der Waals surface area contributed by atoms with Crippen LogP contribution in [-0.4, -0.2) is 84.7 Å². The van der Waals surface area contributed by atoms with Gasteiger partial charge in [-0.2, -0.15) is 0 Å². The second kappa shape index (κ2) is 13.8. The zero-order chi connectivity index (χ0) is 20.4. The van der Waals surface area contributed by atoms with Crippen LogP contribution in [0.15, 0.2) is 35.3 Å². The van der Waals surface area contributed by atoms with Crippen molar-refractivity contribution in [3.05, 3.63) is 35.9 Å². The van der Waals surface area contributed by atoms with Crippen molar-refractivity contribution in [3.8, 4) is 0 Å². The van der Waals surface area contributed by atoms with E-state index < -0.39 is 6.10 Å². The quantitative estimate of drug-likeness (QED) is 0.276. The second-order valence-corrected chi connectivity index (χ2v) is 7.52. The van der Waals surface area contributed by atoms with Gasteiger partial charge < -0.3 is 20.6 Å². The maximum Gasteiger partial charge on any atom is 0.234 e. The lowest BCUT2D eigenvalue weighted by Crippen LogP contribution is -2.54. The summed E-state index contributed by atoms with van der Waals surface area (Å²) in [5.74, 6) is 0.911. The van der Waals surface area contributed by atoms with Crippen molar-refractivity contribution in [2.45, 2.75) is 39.3 Å². The van der Waals surface area contributed by atoms with Crippen molar-refractivity contribution in [2.75, 3.05) is 45.8 Å². The minimum atomic E-state index is -0.503. The van der Waals surface area contributed by atoms with Crippen LogP contribution in [0.25, 0.3) is 0 Å². The molecule has 0 spiro atoms. The summed E-state index contributed by atoms with van der Waals surface area (Å²) in [6, 6.07) is 10.2. The van der Waals surface area contributed by atoms with Crippen molar-refractivity contribution in [2.24, 2.45) is 4.99 Å². The average molecular weight is 517 g/mol. The molecular formula is C21H36IN5O2. The molecule has 0 bridgehead atoms. The lowest BCUT2D eigenvalue weighted by atomic mass is 10.1. The molecule has 7 nitrogen and oxygen atoms in total. The lowest BCUT2D eigenvalue weighted by molar-refractivity contribution is -0.123. The third-order valence-electron chi connectivity index (χ3n) is 4.59. The molecule has 0 saturated carbocycles. The van der Waals surface area contributed by atoms with Gasteiger partial charge in [0.05, 0.1) is 19.2 Å². The van der Waals surface area contributed by atoms with Gasteiger partial charge in [-0.05, 0) is 26.3 Å². The van der Waals surface area contributed by atoms with Crippen LogP contribution >= 0.6 is 24.0 Å². The van der Waals surface area contributed by atoms with Crippen molar-refractivity contribution >= 4 is 35.8 Å². The monoisotopic (exact) mass is 517 g/mol.